The molecule has 1 N–H and O–H groups in total. The summed E-state index contributed by atoms with van der Waals surface area (Å²) >= 11 is 0. The second-order valence-corrected chi connectivity index (χ2v) is 8.77. The third kappa shape index (κ3) is 7.42. The van der Waals surface area contributed by atoms with Crippen molar-refractivity contribution in [2.24, 2.45) is 5.10 Å². The van der Waals surface area contributed by atoms with E-state index in [9.17, 15) is 4.79 Å². The van der Waals surface area contributed by atoms with Crippen LogP contribution in [0.3, 0.4) is 0 Å². The van der Waals surface area contributed by atoms with Gasteiger partial charge in [-0.3, -0.25) is 9.69 Å². The van der Waals surface area contributed by atoms with Gasteiger partial charge in [0.1, 0.15) is 5.75 Å². The Morgan fingerprint density at radius 2 is 1.66 bits per heavy atom. The van der Waals surface area contributed by atoms with E-state index in [2.05, 4.69) is 57.6 Å². The second kappa shape index (κ2) is 12.7. The molecule has 0 spiro atoms. The van der Waals surface area contributed by atoms with Crippen LogP contribution < -0.4 is 15.1 Å². The monoisotopic (exact) mass is 470 g/mol. The zero-order chi connectivity index (χ0) is 24.3. The highest BCUT2D eigenvalue weighted by molar-refractivity contribution is 5.94. The summed E-state index contributed by atoms with van der Waals surface area (Å²) < 4.78 is 5.66. The molecule has 1 aliphatic rings. The van der Waals surface area contributed by atoms with Gasteiger partial charge in [0.15, 0.2) is 0 Å². The van der Waals surface area contributed by atoms with E-state index in [1.807, 2.05) is 48.5 Å². The molecule has 1 fully saturated rings. The van der Waals surface area contributed by atoms with Crippen LogP contribution in [0, 0.1) is 0 Å². The van der Waals surface area contributed by atoms with E-state index < -0.39 is 0 Å². The third-order valence-electron chi connectivity index (χ3n) is 6.14. The third-order valence-corrected chi connectivity index (χ3v) is 6.14. The van der Waals surface area contributed by atoms with Crippen molar-refractivity contribution in [3.8, 4) is 5.75 Å². The first-order chi connectivity index (χ1) is 17.2. The molecule has 0 aromatic heterocycles. The molecule has 1 heterocycles. The Bertz CT molecular complexity index is 1070. The summed E-state index contributed by atoms with van der Waals surface area (Å²) in [5.74, 6) is 0.626. The van der Waals surface area contributed by atoms with Gasteiger partial charge in [-0.25, -0.2) is 5.43 Å². The molecule has 6 heteroatoms. The molecule has 0 saturated carbocycles. The number of ether oxygens (including phenoxy) is 1. The molecule has 0 bridgehead atoms. The fraction of sp³-hybridized carbons (Fsp3) is 0.310. The average Bonchev–Trinajstić information content (AvgIpc) is 2.91. The lowest BCUT2D eigenvalue weighted by Gasteiger charge is -2.36. The molecule has 0 unspecified atom stereocenters. The number of benzene rings is 3. The smallest absolute Gasteiger partial charge is 0.271 e. The number of anilines is 1. The minimum Gasteiger partial charge on any atom is -0.494 e. The predicted molar refractivity (Wildman–Crippen MR) is 142 cm³/mol. The fourth-order valence-electron chi connectivity index (χ4n) is 4.04. The van der Waals surface area contributed by atoms with E-state index in [1.165, 1.54) is 11.3 Å². The number of piperazine rings is 1. The van der Waals surface area contributed by atoms with Crippen LogP contribution in [0.5, 0.6) is 5.75 Å². The zero-order valence-corrected chi connectivity index (χ0v) is 20.4. The van der Waals surface area contributed by atoms with Gasteiger partial charge in [0.05, 0.1) is 12.8 Å². The summed E-state index contributed by atoms with van der Waals surface area (Å²) in [5, 5.41) is 4.09. The van der Waals surface area contributed by atoms with E-state index in [-0.39, 0.29) is 5.91 Å². The van der Waals surface area contributed by atoms with E-state index in [4.69, 9.17) is 4.74 Å². The summed E-state index contributed by atoms with van der Waals surface area (Å²) in [5.41, 5.74) is 6.60. The molecule has 4 rings (SSSR count). The number of hydrogen-bond donors (Lipinski definition) is 1. The first kappa shape index (κ1) is 24.5. The van der Waals surface area contributed by atoms with Gasteiger partial charge in [0, 0.05) is 44.0 Å². The Kier molecular flexibility index (Phi) is 8.90. The van der Waals surface area contributed by atoms with Gasteiger partial charge in [0.2, 0.25) is 0 Å². The summed E-state index contributed by atoms with van der Waals surface area (Å²) in [6, 6.07) is 26.0. The Labute approximate surface area is 208 Å². The number of nitrogens with one attached hydrogen (secondary N) is 1. The number of hydrazone groups is 1. The van der Waals surface area contributed by atoms with Crippen LogP contribution in [0.4, 0.5) is 5.69 Å². The van der Waals surface area contributed by atoms with Crippen LogP contribution in [-0.4, -0.2) is 49.8 Å². The van der Waals surface area contributed by atoms with Crippen LogP contribution in [0.25, 0.3) is 0 Å². The van der Waals surface area contributed by atoms with Gasteiger partial charge in [-0.2, -0.15) is 5.10 Å². The molecule has 0 radical (unpaired) electrons. The second-order valence-electron chi connectivity index (χ2n) is 8.77. The van der Waals surface area contributed by atoms with Gasteiger partial charge in [-0.1, -0.05) is 43.7 Å². The molecule has 182 valence electrons. The van der Waals surface area contributed by atoms with Crippen LogP contribution in [0.2, 0.25) is 0 Å². The first-order valence-electron chi connectivity index (χ1n) is 12.4. The van der Waals surface area contributed by atoms with Gasteiger partial charge in [0.25, 0.3) is 5.91 Å². The van der Waals surface area contributed by atoms with Crippen molar-refractivity contribution in [2.45, 2.75) is 26.3 Å². The lowest BCUT2D eigenvalue weighted by atomic mass is 10.1. The molecule has 0 atom stereocenters. The van der Waals surface area contributed by atoms with E-state index >= 15 is 0 Å². The van der Waals surface area contributed by atoms with Crippen molar-refractivity contribution in [1.82, 2.24) is 10.3 Å². The number of nitrogens with zero attached hydrogens (tertiary/aromatic N) is 3. The highest BCUT2D eigenvalue weighted by Gasteiger charge is 2.17. The quantitative estimate of drug-likeness (QED) is 0.259. The molecule has 1 amide bonds. The van der Waals surface area contributed by atoms with Crippen LogP contribution in [0.1, 0.15) is 41.3 Å². The minimum absolute atomic E-state index is 0.219. The average molecular weight is 471 g/mol. The van der Waals surface area contributed by atoms with E-state index in [0.29, 0.717) is 5.56 Å². The molecule has 3 aromatic carbocycles. The molecule has 1 saturated heterocycles. The molecule has 3 aromatic rings. The molecule has 0 aliphatic carbocycles. The van der Waals surface area contributed by atoms with Crippen LogP contribution in [-0.2, 0) is 6.54 Å². The molecule has 35 heavy (non-hydrogen) atoms. The van der Waals surface area contributed by atoms with Crippen molar-refractivity contribution in [3.05, 3.63) is 95.6 Å². The fourth-order valence-corrected chi connectivity index (χ4v) is 4.04. The molecule has 6 nitrogen and oxygen atoms in total. The van der Waals surface area contributed by atoms with Gasteiger partial charge in [-0.15, -0.1) is 0 Å². The number of para-hydroxylation sites is 1. The maximum atomic E-state index is 12.4. The van der Waals surface area contributed by atoms with Crippen LogP contribution in [0.15, 0.2) is 84.0 Å². The van der Waals surface area contributed by atoms with Gasteiger partial charge in [-0.05, 0) is 66.1 Å². The summed E-state index contributed by atoms with van der Waals surface area (Å²) in [7, 11) is 0. The number of rotatable bonds is 10. The highest BCUT2D eigenvalue weighted by Crippen LogP contribution is 2.17. The van der Waals surface area contributed by atoms with Crippen molar-refractivity contribution >= 4 is 17.8 Å². The van der Waals surface area contributed by atoms with Gasteiger partial charge < -0.3 is 9.64 Å². The maximum absolute atomic E-state index is 12.4. The Balaban J connectivity index is 1.21. The van der Waals surface area contributed by atoms with Crippen molar-refractivity contribution in [1.29, 1.82) is 0 Å². The normalized spacial score (nSPS) is 14.3. The van der Waals surface area contributed by atoms with Crippen LogP contribution >= 0.6 is 0 Å². The van der Waals surface area contributed by atoms with Gasteiger partial charge >= 0.3 is 0 Å². The SMILES string of the molecule is CCCCOc1ccc(/C=N\NC(=O)c2ccc(CN3CCN(c4ccccc4)CC3)cc2)cc1. The summed E-state index contributed by atoms with van der Waals surface area (Å²) in [6.45, 7) is 7.86. The predicted octanol–water partition coefficient (Wildman–Crippen LogP) is 4.95. The maximum Gasteiger partial charge on any atom is 0.271 e. The number of amides is 1. The van der Waals surface area contributed by atoms with Crippen molar-refractivity contribution in [2.75, 3.05) is 37.7 Å². The zero-order valence-electron chi connectivity index (χ0n) is 20.4. The first-order valence-corrected chi connectivity index (χ1v) is 12.4. The summed E-state index contributed by atoms with van der Waals surface area (Å²) in [6.07, 6.45) is 3.79. The van der Waals surface area contributed by atoms with E-state index in [0.717, 1.165) is 63.5 Å². The molecular weight excluding hydrogens is 436 g/mol. The minimum atomic E-state index is -0.219. The standard InChI is InChI=1S/C29H34N4O2/c1-2-3-21-35-28-15-11-24(12-16-28)22-30-31-29(34)26-13-9-25(10-14-26)23-32-17-19-33(20-18-32)27-7-5-4-6-8-27/h4-16,22H,2-3,17-21,23H2,1H3,(H,31,34)/b30-22-. The summed E-state index contributed by atoms with van der Waals surface area (Å²) in [4.78, 5) is 17.3. The number of unbranched alkanes of at least 4 members (excludes halogenated alkanes) is 1. The Morgan fingerprint density at radius 1 is 0.943 bits per heavy atom. The molecule has 1 aliphatic heterocycles. The molecular formula is C29H34N4O2. The van der Waals surface area contributed by atoms with Crippen molar-refractivity contribution < 1.29 is 9.53 Å². The number of hydrogen-bond acceptors (Lipinski definition) is 5. The number of carbonyl (C=O) groups is 1. The topological polar surface area (TPSA) is 57.2 Å². The lowest BCUT2D eigenvalue weighted by molar-refractivity contribution is 0.0955. The lowest BCUT2D eigenvalue weighted by Crippen LogP contribution is -2.45. The Morgan fingerprint density at radius 3 is 2.34 bits per heavy atom. The van der Waals surface area contributed by atoms with E-state index in [1.54, 1.807) is 6.21 Å². The largest absolute Gasteiger partial charge is 0.494 e. The Hall–Kier alpha value is -3.64. The van der Waals surface area contributed by atoms with Crippen molar-refractivity contribution in [3.63, 3.8) is 0 Å². The number of carbonyl (C=O) groups excluding carboxylic acids is 1. The highest BCUT2D eigenvalue weighted by atomic mass is 16.5.